The fourth-order valence-corrected chi connectivity index (χ4v) is 3.98. The molecule has 134 valence electrons. The average Bonchev–Trinajstić information content (AvgIpc) is 2.61. The van der Waals surface area contributed by atoms with Gasteiger partial charge in [-0.25, -0.2) is 8.42 Å². The van der Waals surface area contributed by atoms with Gasteiger partial charge in [-0.15, -0.1) is 0 Å². The predicted molar refractivity (Wildman–Crippen MR) is 100 cm³/mol. The Morgan fingerprint density at radius 1 is 1.12 bits per heavy atom. The number of rotatable bonds is 7. The Kier molecular flexibility index (Phi) is 6.45. The molecule has 2 rings (SSSR count). The highest BCUT2D eigenvalue weighted by Crippen LogP contribution is 2.30. The minimum atomic E-state index is -3.93. The van der Waals surface area contributed by atoms with E-state index < -0.39 is 10.0 Å². The molecule has 0 saturated carbocycles. The van der Waals surface area contributed by atoms with E-state index in [1.807, 2.05) is 13.8 Å². The number of sulfonamides is 1. The molecule has 0 aliphatic heterocycles. The van der Waals surface area contributed by atoms with Gasteiger partial charge in [0.1, 0.15) is 6.54 Å². The van der Waals surface area contributed by atoms with E-state index in [1.54, 1.807) is 42.5 Å². The molecule has 0 aliphatic rings. The van der Waals surface area contributed by atoms with Gasteiger partial charge in [-0.1, -0.05) is 48.9 Å². The van der Waals surface area contributed by atoms with Crippen LogP contribution in [-0.4, -0.2) is 26.9 Å². The van der Waals surface area contributed by atoms with E-state index in [1.165, 1.54) is 12.1 Å². The fraction of sp³-hybridized carbons (Fsp3) is 0.278. The highest BCUT2D eigenvalue weighted by Gasteiger charge is 2.28. The zero-order valence-corrected chi connectivity index (χ0v) is 15.7. The van der Waals surface area contributed by atoms with Gasteiger partial charge >= 0.3 is 0 Å². The van der Waals surface area contributed by atoms with Crippen LogP contribution in [0.4, 0.5) is 5.69 Å². The molecule has 1 amide bonds. The first kappa shape index (κ1) is 19.3. The third-order valence-electron chi connectivity index (χ3n) is 3.76. The van der Waals surface area contributed by atoms with Crippen molar-refractivity contribution in [1.82, 2.24) is 5.32 Å². The molecule has 0 radical (unpaired) electrons. The van der Waals surface area contributed by atoms with Crippen molar-refractivity contribution in [1.29, 1.82) is 0 Å². The maximum Gasteiger partial charge on any atom is 0.264 e. The average molecular weight is 381 g/mol. The van der Waals surface area contributed by atoms with E-state index in [-0.39, 0.29) is 34.1 Å². The van der Waals surface area contributed by atoms with Crippen molar-refractivity contribution in [3.8, 4) is 0 Å². The second-order valence-corrected chi connectivity index (χ2v) is 7.92. The van der Waals surface area contributed by atoms with Gasteiger partial charge in [0.2, 0.25) is 5.91 Å². The molecule has 0 aliphatic carbocycles. The number of nitrogens with one attached hydrogen (secondary N) is 1. The first-order valence-electron chi connectivity index (χ1n) is 7.98. The quantitative estimate of drug-likeness (QED) is 0.800. The Hall–Kier alpha value is -2.05. The van der Waals surface area contributed by atoms with Crippen molar-refractivity contribution in [2.75, 3.05) is 10.8 Å². The van der Waals surface area contributed by atoms with Crippen molar-refractivity contribution in [2.24, 2.45) is 0 Å². The first-order chi connectivity index (χ1) is 11.9. The lowest BCUT2D eigenvalue weighted by atomic mass is 10.2. The summed E-state index contributed by atoms with van der Waals surface area (Å²) in [4.78, 5) is 12.4. The maximum atomic E-state index is 13.1. The van der Waals surface area contributed by atoms with Crippen LogP contribution < -0.4 is 9.62 Å². The summed E-state index contributed by atoms with van der Waals surface area (Å²) in [7, 11) is -3.93. The molecule has 5 nitrogen and oxygen atoms in total. The van der Waals surface area contributed by atoms with Crippen LogP contribution in [0.15, 0.2) is 59.5 Å². The number of carbonyl (C=O) groups excluding carboxylic acids is 1. The van der Waals surface area contributed by atoms with Gasteiger partial charge in [0, 0.05) is 6.04 Å². The standard InChI is InChI=1S/C18H21ClN2O3S/c1-3-14(2)20-18(22)13-21(17-12-8-7-11-16(17)19)25(23,24)15-9-5-4-6-10-15/h4-12,14H,3,13H2,1-2H3,(H,20,22). The van der Waals surface area contributed by atoms with E-state index >= 15 is 0 Å². The van der Waals surface area contributed by atoms with Crippen LogP contribution >= 0.6 is 11.6 Å². The number of amides is 1. The fourth-order valence-electron chi connectivity index (χ4n) is 2.23. The zero-order valence-electron chi connectivity index (χ0n) is 14.1. The second-order valence-electron chi connectivity index (χ2n) is 5.65. The minimum Gasteiger partial charge on any atom is -0.352 e. The van der Waals surface area contributed by atoms with Crippen LogP contribution in [0.3, 0.4) is 0 Å². The number of benzene rings is 2. The summed E-state index contributed by atoms with van der Waals surface area (Å²) in [5.74, 6) is -0.381. The van der Waals surface area contributed by atoms with Gasteiger partial charge in [0.15, 0.2) is 0 Å². The monoisotopic (exact) mass is 380 g/mol. The third kappa shape index (κ3) is 4.74. The van der Waals surface area contributed by atoms with Crippen LogP contribution in [0.2, 0.25) is 5.02 Å². The molecule has 2 aromatic carbocycles. The number of carbonyl (C=O) groups is 1. The van der Waals surface area contributed by atoms with Crippen molar-refractivity contribution < 1.29 is 13.2 Å². The smallest absolute Gasteiger partial charge is 0.264 e. The number of halogens is 1. The largest absolute Gasteiger partial charge is 0.352 e. The van der Waals surface area contributed by atoms with E-state index in [9.17, 15) is 13.2 Å². The lowest BCUT2D eigenvalue weighted by Gasteiger charge is -2.25. The summed E-state index contributed by atoms with van der Waals surface area (Å²) in [6.07, 6.45) is 0.753. The molecular weight excluding hydrogens is 360 g/mol. The highest BCUT2D eigenvalue weighted by molar-refractivity contribution is 7.92. The van der Waals surface area contributed by atoms with Crippen molar-refractivity contribution in [3.63, 3.8) is 0 Å². The highest BCUT2D eigenvalue weighted by atomic mass is 35.5. The van der Waals surface area contributed by atoms with E-state index in [4.69, 9.17) is 11.6 Å². The van der Waals surface area contributed by atoms with Gasteiger partial charge in [0.05, 0.1) is 15.6 Å². The maximum absolute atomic E-state index is 13.1. The van der Waals surface area contributed by atoms with Gasteiger partial charge in [0.25, 0.3) is 10.0 Å². The summed E-state index contributed by atoms with van der Waals surface area (Å²) in [6, 6.07) is 14.5. The van der Waals surface area contributed by atoms with Crippen LogP contribution in [0.25, 0.3) is 0 Å². The molecule has 0 heterocycles. The van der Waals surface area contributed by atoms with Crippen molar-refractivity contribution in [2.45, 2.75) is 31.2 Å². The Morgan fingerprint density at radius 2 is 1.72 bits per heavy atom. The van der Waals surface area contributed by atoms with E-state index in [0.717, 1.165) is 10.7 Å². The normalized spacial score (nSPS) is 12.4. The van der Waals surface area contributed by atoms with Crippen LogP contribution in [0.1, 0.15) is 20.3 Å². The Morgan fingerprint density at radius 3 is 2.32 bits per heavy atom. The van der Waals surface area contributed by atoms with E-state index in [2.05, 4.69) is 5.32 Å². The number of hydrogen-bond acceptors (Lipinski definition) is 3. The van der Waals surface area contributed by atoms with Crippen LogP contribution in [-0.2, 0) is 14.8 Å². The van der Waals surface area contributed by atoms with Gasteiger partial charge in [-0.05, 0) is 37.6 Å². The second kappa shape index (κ2) is 8.36. The third-order valence-corrected chi connectivity index (χ3v) is 5.85. The molecule has 7 heteroatoms. The van der Waals surface area contributed by atoms with Crippen molar-refractivity contribution >= 4 is 33.2 Å². The molecule has 1 unspecified atom stereocenters. The molecule has 0 spiro atoms. The summed E-state index contributed by atoms with van der Waals surface area (Å²) < 4.78 is 27.2. The van der Waals surface area contributed by atoms with Gasteiger partial charge in [-0.3, -0.25) is 9.10 Å². The molecule has 1 N–H and O–H groups in total. The number of hydrogen-bond donors (Lipinski definition) is 1. The summed E-state index contributed by atoms with van der Waals surface area (Å²) in [5, 5.41) is 3.05. The Labute approximate surface area is 153 Å². The lowest BCUT2D eigenvalue weighted by Crippen LogP contribution is -2.43. The summed E-state index contributed by atoms with van der Waals surface area (Å²) >= 11 is 6.19. The topological polar surface area (TPSA) is 66.5 Å². The SMILES string of the molecule is CCC(C)NC(=O)CN(c1ccccc1Cl)S(=O)(=O)c1ccccc1. The molecule has 0 fully saturated rings. The molecule has 25 heavy (non-hydrogen) atoms. The molecule has 2 aromatic rings. The first-order valence-corrected chi connectivity index (χ1v) is 9.79. The molecule has 0 saturated heterocycles. The minimum absolute atomic E-state index is 0.0416. The summed E-state index contributed by atoms with van der Waals surface area (Å²) in [6.45, 7) is 3.46. The molecule has 0 aromatic heterocycles. The molecule has 1 atom stereocenters. The molecule has 0 bridgehead atoms. The number of nitrogens with zero attached hydrogens (tertiary/aromatic N) is 1. The van der Waals surface area contributed by atoms with Gasteiger partial charge < -0.3 is 5.32 Å². The van der Waals surface area contributed by atoms with Crippen LogP contribution in [0, 0.1) is 0 Å². The Balaban J connectivity index is 2.43. The molecular formula is C18H21ClN2O3S. The lowest BCUT2D eigenvalue weighted by molar-refractivity contribution is -0.120. The zero-order chi connectivity index (χ0) is 18.4. The number of anilines is 1. The van der Waals surface area contributed by atoms with Crippen LogP contribution in [0.5, 0.6) is 0 Å². The van der Waals surface area contributed by atoms with Crippen molar-refractivity contribution in [3.05, 3.63) is 59.6 Å². The van der Waals surface area contributed by atoms with E-state index in [0.29, 0.717) is 0 Å². The Bertz CT molecular complexity index is 825. The number of para-hydroxylation sites is 1. The van der Waals surface area contributed by atoms with Gasteiger partial charge in [-0.2, -0.15) is 0 Å². The predicted octanol–water partition coefficient (Wildman–Crippen LogP) is 3.45. The summed E-state index contributed by atoms with van der Waals surface area (Å²) in [5.41, 5.74) is 0.271.